The number of hydrogen-bond donors (Lipinski definition) is 8. The van der Waals surface area contributed by atoms with Crippen molar-refractivity contribution in [1.82, 2.24) is 30.9 Å². The molecular formula is C30H35N7O6. The molecule has 226 valence electrons. The van der Waals surface area contributed by atoms with E-state index in [-0.39, 0.29) is 19.3 Å². The number of hydrogen-bond acceptors (Lipinski definition) is 7. The van der Waals surface area contributed by atoms with Crippen molar-refractivity contribution in [2.45, 2.75) is 56.5 Å². The Kier molecular flexibility index (Phi) is 10.3. The lowest BCUT2D eigenvalue weighted by Crippen LogP contribution is -2.59. The van der Waals surface area contributed by atoms with Crippen molar-refractivity contribution < 1.29 is 29.4 Å². The van der Waals surface area contributed by atoms with E-state index in [2.05, 4.69) is 30.9 Å². The first-order valence-electron chi connectivity index (χ1n) is 13.8. The van der Waals surface area contributed by atoms with Crippen molar-refractivity contribution >= 4 is 34.6 Å². The summed E-state index contributed by atoms with van der Waals surface area (Å²) >= 11 is 0. The van der Waals surface area contributed by atoms with Gasteiger partial charge in [0.15, 0.2) is 0 Å². The number of aliphatic hydroxyl groups is 1. The predicted octanol–water partition coefficient (Wildman–Crippen LogP) is 0.166. The molecule has 3 amide bonds. The van der Waals surface area contributed by atoms with Crippen LogP contribution in [0.25, 0.3) is 10.9 Å². The van der Waals surface area contributed by atoms with E-state index >= 15 is 0 Å². The molecule has 0 saturated carbocycles. The van der Waals surface area contributed by atoms with E-state index in [1.165, 1.54) is 19.4 Å². The molecular weight excluding hydrogens is 554 g/mol. The highest BCUT2D eigenvalue weighted by atomic mass is 16.4. The highest BCUT2D eigenvalue weighted by Gasteiger charge is 2.32. The van der Waals surface area contributed by atoms with Crippen molar-refractivity contribution in [3.05, 3.63) is 90.1 Å². The normalized spacial score (nSPS) is 14.7. The van der Waals surface area contributed by atoms with Gasteiger partial charge in [0.05, 0.1) is 12.4 Å². The van der Waals surface area contributed by atoms with E-state index < -0.39 is 54.0 Å². The molecule has 0 fully saturated rings. The summed E-state index contributed by atoms with van der Waals surface area (Å²) in [4.78, 5) is 62.0. The Hall–Kier alpha value is -5.01. The van der Waals surface area contributed by atoms with Gasteiger partial charge in [0, 0.05) is 48.3 Å². The SMILES string of the molecule is CC(O)C(N)C(=O)NC(Cc1ccccc1)C(=O)NC(Cc1cnc[nH]1)C(=O)NC(Cc1c[nH]c2ccccc12)C(=O)O. The number of para-hydroxylation sites is 1. The van der Waals surface area contributed by atoms with Crippen LogP contribution in [-0.2, 0) is 38.4 Å². The van der Waals surface area contributed by atoms with Gasteiger partial charge in [-0.2, -0.15) is 0 Å². The molecule has 4 aromatic rings. The van der Waals surface area contributed by atoms with Crippen molar-refractivity contribution in [2.24, 2.45) is 5.73 Å². The number of nitrogens with zero attached hydrogens (tertiary/aromatic N) is 1. The number of aliphatic hydroxyl groups excluding tert-OH is 1. The zero-order valence-corrected chi connectivity index (χ0v) is 23.5. The molecule has 0 aliphatic heterocycles. The number of aliphatic carboxylic acids is 1. The minimum absolute atomic E-state index is 0.000265. The van der Waals surface area contributed by atoms with Gasteiger partial charge in [-0.15, -0.1) is 0 Å². The van der Waals surface area contributed by atoms with Crippen LogP contribution in [0.15, 0.2) is 73.3 Å². The fourth-order valence-electron chi connectivity index (χ4n) is 4.64. The van der Waals surface area contributed by atoms with Gasteiger partial charge in [-0.25, -0.2) is 9.78 Å². The molecule has 5 unspecified atom stereocenters. The first-order chi connectivity index (χ1) is 20.6. The molecule has 43 heavy (non-hydrogen) atoms. The molecule has 0 spiro atoms. The summed E-state index contributed by atoms with van der Waals surface area (Å²) in [6, 6.07) is 11.4. The van der Waals surface area contributed by atoms with Gasteiger partial charge < -0.3 is 41.9 Å². The smallest absolute Gasteiger partial charge is 0.326 e. The maximum atomic E-state index is 13.6. The van der Waals surface area contributed by atoms with Gasteiger partial charge >= 0.3 is 5.97 Å². The molecule has 0 aliphatic rings. The van der Waals surface area contributed by atoms with Crippen LogP contribution in [0.4, 0.5) is 0 Å². The molecule has 5 atom stereocenters. The molecule has 0 aliphatic carbocycles. The highest BCUT2D eigenvalue weighted by molar-refractivity contribution is 5.94. The number of carbonyl (C=O) groups is 4. The lowest BCUT2D eigenvalue weighted by Gasteiger charge is -2.25. The standard InChI is InChI=1S/C30H35N7O6/c1-17(38)26(31)29(41)36-23(11-18-7-3-2-4-8-18)27(39)35-24(13-20-15-32-16-34-20)28(40)37-25(30(42)43)12-19-14-33-22-10-6-5-9-21(19)22/h2-10,14-17,23-26,33,38H,11-13,31H2,1H3,(H,32,34)(H,35,39)(H,36,41)(H,37,40)(H,42,43). The molecule has 0 bridgehead atoms. The lowest BCUT2D eigenvalue weighted by atomic mass is 10.0. The van der Waals surface area contributed by atoms with Crippen LogP contribution in [0.1, 0.15) is 23.7 Å². The number of amides is 3. The summed E-state index contributed by atoms with van der Waals surface area (Å²) < 4.78 is 0. The van der Waals surface area contributed by atoms with E-state index in [9.17, 15) is 29.4 Å². The molecule has 13 nitrogen and oxygen atoms in total. The maximum absolute atomic E-state index is 13.6. The van der Waals surface area contributed by atoms with Gasteiger partial charge in [-0.3, -0.25) is 14.4 Å². The molecule has 2 aromatic carbocycles. The number of nitrogens with one attached hydrogen (secondary N) is 5. The Bertz CT molecular complexity index is 1540. The van der Waals surface area contributed by atoms with Crippen LogP contribution in [0.5, 0.6) is 0 Å². The summed E-state index contributed by atoms with van der Waals surface area (Å²) in [5.41, 5.74) is 8.57. The van der Waals surface area contributed by atoms with Crippen LogP contribution in [0.2, 0.25) is 0 Å². The second kappa shape index (κ2) is 14.2. The summed E-state index contributed by atoms with van der Waals surface area (Å²) in [5.74, 6) is -3.42. The number of aromatic nitrogens is 3. The Morgan fingerprint density at radius 3 is 2.12 bits per heavy atom. The number of imidazole rings is 1. The molecule has 0 saturated heterocycles. The van der Waals surface area contributed by atoms with Crippen LogP contribution < -0.4 is 21.7 Å². The summed E-state index contributed by atoms with van der Waals surface area (Å²) in [6.45, 7) is 1.36. The second-order valence-electron chi connectivity index (χ2n) is 10.3. The van der Waals surface area contributed by atoms with E-state index in [1.807, 2.05) is 24.3 Å². The van der Waals surface area contributed by atoms with Crippen molar-refractivity contribution in [3.63, 3.8) is 0 Å². The van der Waals surface area contributed by atoms with E-state index in [0.29, 0.717) is 11.3 Å². The number of aromatic amines is 2. The number of benzene rings is 2. The topological polar surface area (TPSA) is 215 Å². The molecule has 2 heterocycles. The van der Waals surface area contributed by atoms with E-state index in [4.69, 9.17) is 5.73 Å². The molecule has 4 rings (SSSR count). The highest BCUT2D eigenvalue weighted by Crippen LogP contribution is 2.19. The Balaban J connectivity index is 1.54. The average Bonchev–Trinajstić information content (AvgIpc) is 3.66. The zero-order valence-electron chi connectivity index (χ0n) is 23.5. The number of fused-ring (bicyclic) bond motifs is 1. The monoisotopic (exact) mass is 589 g/mol. The number of carboxylic acids is 1. The van der Waals surface area contributed by atoms with Gasteiger partial charge in [-0.1, -0.05) is 48.5 Å². The summed E-state index contributed by atoms with van der Waals surface area (Å²) in [5, 5.41) is 28.4. The Labute approximate surface area is 247 Å². The van der Waals surface area contributed by atoms with E-state index in [0.717, 1.165) is 16.5 Å². The van der Waals surface area contributed by atoms with Crippen molar-refractivity contribution in [1.29, 1.82) is 0 Å². The first-order valence-corrected chi connectivity index (χ1v) is 13.8. The molecule has 2 aromatic heterocycles. The minimum atomic E-state index is -1.29. The number of rotatable bonds is 14. The lowest BCUT2D eigenvalue weighted by molar-refractivity contribution is -0.142. The van der Waals surface area contributed by atoms with E-state index in [1.54, 1.807) is 36.5 Å². The number of H-pyrrole nitrogens is 2. The first kappa shape index (κ1) is 30.9. The molecule has 13 heteroatoms. The maximum Gasteiger partial charge on any atom is 0.326 e. The fraction of sp³-hybridized carbons (Fsp3) is 0.300. The van der Waals surface area contributed by atoms with Crippen LogP contribution >= 0.6 is 0 Å². The zero-order chi connectivity index (χ0) is 30.9. The summed E-state index contributed by atoms with van der Waals surface area (Å²) in [7, 11) is 0. The van der Waals surface area contributed by atoms with Gasteiger partial charge in [-0.05, 0) is 24.1 Å². The quantitative estimate of drug-likeness (QED) is 0.101. The second-order valence-corrected chi connectivity index (χ2v) is 10.3. The van der Waals surface area contributed by atoms with Crippen LogP contribution in [-0.4, -0.2) is 79.1 Å². The van der Waals surface area contributed by atoms with Crippen molar-refractivity contribution in [3.8, 4) is 0 Å². The third-order valence-electron chi connectivity index (χ3n) is 7.06. The number of nitrogens with two attached hydrogens (primary N) is 1. The summed E-state index contributed by atoms with van der Waals surface area (Å²) in [6.07, 6.45) is 3.48. The van der Waals surface area contributed by atoms with Gasteiger partial charge in [0.1, 0.15) is 24.2 Å². The van der Waals surface area contributed by atoms with Gasteiger partial charge in [0.25, 0.3) is 0 Å². The van der Waals surface area contributed by atoms with Crippen LogP contribution in [0.3, 0.4) is 0 Å². The van der Waals surface area contributed by atoms with Gasteiger partial charge in [0.2, 0.25) is 17.7 Å². The van der Waals surface area contributed by atoms with Crippen molar-refractivity contribution in [2.75, 3.05) is 0 Å². The third kappa shape index (κ3) is 8.27. The Morgan fingerprint density at radius 2 is 1.47 bits per heavy atom. The number of carbonyl (C=O) groups excluding carboxylic acids is 3. The minimum Gasteiger partial charge on any atom is -0.480 e. The molecule has 9 N–H and O–H groups in total. The largest absolute Gasteiger partial charge is 0.480 e. The predicted molar refractivity (Wildman–Crippen MR) is 158 cm³/mol. The number of carboxylic acid groups (broad SMARTS) is 1. The fourth-order valence-corrected chi connectivity index (χ4v) is 4.64. The average molecular weight is 590 g/mol. The Morgan fingerprint density at radius 1 is 0.837 bits per heavy atom. The molecule has 0 radical (unpaired) electrons. The van der Waals surface area contributed by atoms with Crippen LogP contribution in [0, 0.1) is 0 Å². The third-order valence-corrected chi connectivity index (χ3v) is 7.06.